The lowest BCUT2D eigenvalue weighted by Crippen LogP contribution is -2.23. The van der Waals surface area contributed by atoms with E-state index in [1.165, 1.54) is 0 Å². The van der Waals surface area contributed by atoms with Crippen molar-refractivity contribution in [2.75, 3.05) is 17.7 Å². The van der Waals surface area contributed by atoms with Gasteiger partial charge in [0.25, 0.3) is 0 Å². The number of anilines is 1. The molecule has 0 saturated heterocycles. The van der Waals surface area contributed by atoms with E-state index in [-0.39, 0.29) is 0 Å². The number of nitrogens with zero attached hydrogens (tertiary/aromatic N) is 1. The monoisotopic (exact) mass is 232 g/mol. The van der Waals surface area contributed by atoms with E-state index < -0.39 is 0 Å². The molecule has 80 valence electrons. The summed E-state index contributed by atoms with van der Waals surface area (Å²) in [4.78, 5) is 4.18. The zero-order valence-electron chi connectivity index (χ0n) is 8.72. The molecule has 0 spiro atoms. The van der Waals surface area contributed by atoms with Crippen molar-refractivity contribution < 1.29 is 0 Å². The maximum absolute atomic E-state index is 5.68. The molecule has 0 aliphatic carbocycles. The standard InChI is InChI=1S/C10H17ClN2S/c1-10(2,4-3-5-11)8-13-9-12-6-7-14-9/h6-7H,3-5,8H2,1-2H3,(H,12,13). The molecule has 0 unspecified atom stereocenters. The quantitative estimate of drug-likeness (QED) is 0.759. The van der Waals surface area contributed by atoms with Gasteiger partial charge >= 0.3 is 0 Å². The zero-order chi connectivity index (χ0) is 10.4. The third-order valence-corrected chi connectivity index (χ3v) is 3.14. The van der Waals surface area contributed by atoms with Crippen molar-refractivity contribution in [1.29, 1.82) is 0 Å². The number of alkyl halides is 1. The number of nitrogens with one attached hydrogen (secondary N) is 1. The normalized spacial score (nSPS) is 11.6. The Morgan fingerprint density at radius 2 is 2.36 bits per heavy atom. The van der Waals surface area contributed by atoms with E-state index in [2.05, 4.69) is 24.1 Å². The van der Waals surface area contributed by atoms with Crippen LogP contribution in [0.2, 0.25) is 0 Å². The molecule has 0 radical (unpaired) electrons. The van der Waals surface area contributed by atoms with Crippen LogP contribution in [0.4, 0.5) is 5.13 Å². The average Bonchev–Trinajstić information content (AvgIpc) is 2.64. The lowest BCUT2D eigenvalue weighted by Gasteiger charge is -2.24. The molecule has 0 fully saturated rings. The summed E-state index contributed by atoms with van der Waals surface area (Å²) in [5, 5.41) is 6.32. The molecule has 14 heavy (non-hydrogen) atoms. The van der Waals surface area contributed by atoms with E-state index in [9.17, 15) is 0 Å². The Hall–Kier alpha value is -0.280. The van der Waals surface area contributed by atoms with Gasteiger partial charge in [-0.25, -0.2) is 4.98 Å². The molecular weight excluding hydrogens is 216 g/mol. The molecule has 0 bridgehead atoms. The van der Waals surface area contributed by atoms with Gasteiger partial charge in [0, 0.05) is 24.0 Å². The third kappa shape index (κ3) is 4.29. The summed E-state index contributed by atoms with van der Waals surface area (Å²) in [6.45, 7) is 5.46. The van der Waals surface area contributed by atoms with Crippen LogP contribution in [0.1, 0.15) is 26.7 Å². The SMILES string of the molecule is CC(C)(CCCCl)CNc1nccs1. The molecule has 1 heterocycles. The number of halogens is 1. The Morgan fingerprint density at radius 3 is 2.93 bits per heavy atom. The first-order valence-corrected chi connectivity index (χ1v) is 6.25. The van der Waals surface area contributed by atoms with Crippen LogP contribution in [0.25, 0.3) is 0 Å². The second kappa shape index (κ2) is 5.56. The molecule has 0 saturated carbocycles. The molecule has 0 amide bonds. The lowest BCUT2D eigenvalue weighted by atomic mass is 9.88. The van der Waals surface area contributed by atoms with Crippen LogP contribution in [0.5, 0.6) is 0 Å². The van der Waals surface area contributed by atoms with Gasteiger partial charge in [0.2, 0.25) is 0 Å². The largest absolute Gasteiger partial charge is 0.361 e. The highest BCUT2D eigenvalue weighted by Crippen LogP contribution is 2.23. The van der Waals surface area contributed by atoms with Crippen molar-refractivity contribution in [3.8, 4) is 0 Å². The summed E-state index contributed by atoms with van der Waals surface area (Å²) in [7, 11) is 0. The fourth-order valence-electron chi connectivity index (χ4n) is 1.26. The van der Waals surface area contributed by atoms with Crippen LogP contribution < -0.4 is 5.32 Å². The van der Waals surface area contributed by atoms with Crippen LogP contribution in [0.3, 0.4) is 0 Å². The topological polar surface area (TPSA) is 24.9 Å². The molecule has 0 aromatic carbocycles. The molecule has 0 aliphatic rings. The molecule has 0 aliphatic heterocycles. The van der Waals surface area contributed by atoms with Gasteiger partial charge in [-0.3, -0.25) is 0 Å². The van der Waals surface area contributed by atoms with Crippen molar-refractivity contribution in [2.24, 2.45) is 5.41 Å². The van der Waals surface area contributed by atoms with E-state index in [1.54, 1.807) is 11.3 Å². The highest BCUT2D eigenvalue weighted by Gasteiger charge is 2.17. The zero-order valence-corrected chi connectivity index (χ0v) is 10.3. The minimum absolute atomic E-state index is 0.292. The van der Waals surface area contributed by atoms with Crippen molar-refractivity contribution in [2.45, 2.75) is 26.7 Å². The van der Waals surface area contributed by atoms with Gasteiger partial charge in [-0.15, -0.1) is 22.9 Å². The van der Waals surface area contributed by atoms with Gasteiger partial charge in [-0.2, -0.15) is 0 Å². The summed E-state index contributed by atoms with van der Waals surface area (Å²) < 4.78 is 0. The van der Waals surface area contributed by atoms with Gasteiger partial charge < -0.3 is 5.32 Å². The second-order valence-electron chi connectivity index (χ2n) is 4.15. The van der Waals surface area contributed by atoms with Crippen LogP contribution in [0.15, 0.2) is 11.6 Å². The van der Waals surface area contributed by atoms with Crippen molar-refractivity contribution in [3.63, 3.8) is 0 Å². The molecule has 1 rings (SSSR count). The summed E-state index contributed by atoms with van der Waals surface area (Å²) >= 11 is 7.32. The maximum Gasteiger partial charge on any atom is 0.182 e. The van der Waals surface area contributed by atoms with Gasteiger partial charge in [0.1, 0.15) is 0 Å². The lowest BCUT2D eigenvalue weighted by molar-refractivity contribution is 0.355. The summed E-state index contributed by atoms with van der Waals surface area (Å²) in [5.41, 5.74) is 0.292. The van der Waals surface area contributed by atoms with E-state index in [0.717, 1.165) is 30.4 Å². The van der Waals surface area contributed by atoms with Crippen molar-refractivity contribution >= 4 is 28.1 Å². The van der Waals surface area contributed by atoms with Crippen molar-refractivity contribution in [3.05, 3.63) is 11.6 Å². The number of thiazole rings is 1. The molecule has 1 aromatic heterocycles. The smallest absolute Gasteiger partial charge is 0.182 e. The minimum atomic E-state index is 0.292. The predicted molar refractivity (Wildman–Crippen MR) is 64.3 cm³/mol. The van der Waals surface area contributed by atoms with Gasteiger partial charge in [-0.1, -0.05) is 13.8 Å². The Morgan fingerprint density at radius 1 is 1.57 bits per heavy atom. The van der Waals surface area contributed by atoms with E-state index in [1.807, 2.05) is 11.6 Å². The van der Waals surface area contributed by atoms with Crippen LogP contribution in [-0.4, -0.2) is 17.4 Å². The summed E-state index contributed by atoms with van der Waals surface area (Å²) in [6.07, 6.45) is 4.04. The molecule has 4 heteroatoms. The highest BCUT2D eigenvalue weighted by molar-refractivity contribution is 7.13. The fraction of sp³-hybridized carbons (Fsp3) is 0.700. The maximum atomic E-state index is 5.68. The first kappa shape index (κ1) is 11.8. The third-order valence-electron chi connectivity index (χ3n) is 2.14. The van der Waals surface area contributed by atoms with E-state index in [4.69, 9.17) is 11.6 Å². The van der Waals surface area contributed by atoms with Crippen molar-refractivity contribution in [1.82, 2.24) is 4.98 Å². The molecular formula is C10H17ClN2S. The van der Waals surface area contributed by atoms with Crippen LogP contribution in [0, 0.1) is 5.41 Å². The van der Waals surface area contributed by atoms with Crippen LogP contribution in [-0.2, 0) is 0 Å². The van der Waals surface area contributed by atoms with Gasteiger partial charge in [0.05, 0.1) is 0 Å². The summed E-state index contributed by atoms with van der Waals surface area (Å²) in [6, 6.07) is 0. The predicted octanol–water partition coefficient (Wildman–Crippen LogP) is 3.60. The number of rotatable bonds is 6. The first-order valence-electron chi connectivity index (χ1n) is 4.83. The fourth-order valence-corrected chi connectivity index (χ4v) is 1.92. The van der Waals surface area contributed by atoms with E-state index >= 15 is 0 Å². The first-order chi connectivity index (χ1) is 6.64. The molecule has 1 N–H and O–H groups in total. The Balaban J connectivity index is 2.28. The number of hydrogen-bond donors (Lipinski definition) is 1. The Kier molecular flexibility index (Phi) is 4.69. The van der Waals surface area contributed by atoms with Gasteiger partial charge in [0.15, 0.2) is 5.13 Å². The second-order valence-corrected chi connectivity index (χ2v) is 5.42. The Bertz CT molecular complexity index is 247. The summed E-state index contributed by atoms with van der Waals surface area (Å²) in [5.74, 6) is 0.751. The number of hydrogen-bond acceptors (Lipinski definition) is 3. The molecule has 0 atom stereocenters. The number of aromatic nitrogens is 1. The Labute approximate surface area is 94.7 Å². The minimum Gasteiger partial charge on any atom is -0.361 e. The van der Waals surface area contributed by atoms with Crippen LogP contribution >= 0.6 is 22.9 Å². The molecule has 1 aromatic rings. The van der Waals surface area contributed by atoms with E-state index in [0.29, 0.717) is 5.41 Å². The molecule has 2 nitrogen and oxygen atoms in total. The van der Waals surface area contributed by atoms with Gasteiger partial charge in [-0.05, 0) is 18.3 Å². The average molecular weight is 233 g/mol. The highest BCUT2D eigenvalue weighted by atomic mass is 35.5.